The Bertz CT molecular complexity index is 856. The number of ether oxygens (including phenoxy) is 1. The second-order valence-electron chi connectivity index (χ2n) is 5.03. The van der Waals surface area contributed by atoms with Gasteiger partial charge in [0, 0.05) is 0 Å². The zero-order chi connectivity index (χ0) is 16.2. The molecule has 118 valence electrons. The zero-order valence-corrected chi connectivity index (χ0v) is 12.8. The van der Waals surface area contributed by atoms with Crippen LogP contribution in [0.5, 0.6) is 5.75 Å². The van der Waals surface area contributed by atoms with E-state index in [1.54, 1.807) is 25.5 Å². The third-order valence-electron chi connectivity index (χ3n) is 3.29. The van der Waals surface area contributed by atoms with Crippen molar-refractivity contribution >= 4 is 11.6 Å². The summed E-state index contributed by atoms with van der Waals surface area (Å²) in [6.07, 6.45) is 1.85. The fraction of sp³-hybridized carbons (Fsp3) is 0.188. The summed E-state index contributed by atoms with van der Waals surface area (Å²) in [6, 6.07) is 9.22. The van der Waals surface area contributed by atoms with Gasteiger partial charge in [-0.3, -0.25) is 9.78 Å². The minimum Gasteiger partial charge on any atom is -0.495 e. The SMILES string of the molecule is COc1ccc(C)cc1Nc1nnc(Cc2ccco2)c(=O)[nH]1. The summed E-state index contributed by atoms with van der Waals surface area (Å²) < 4.78 is 10.5. The highest BCUT2D eigenvalue weighted by Gasteiger charge is 2.09. The molecule has 2 heterocycles. The van der Waals surface area contributed by atoms with E-state index in [0.29, 0.717) is 29.3 Å². The van der Waals surface area contributed by atoms with Crippen molar-refractivity contribution < 1.29 is 9.15 Å². The van der Waals surface area contributed by atoms with Gasteiger partial charge in [-0.15, -0.1) is 10.2 Å². The molecule has 0 amide bonds. The number of aromatic nitrogens is 3. The van der Waals surface area contributed by atoms with E-state index >= 15 is 0 Å². The van der Waals surface area contributed by atoms with Crippen LogP contribution < -0.4 is 15.6 Å². The van der Waals surface area contributed by atoms with E-state index in [9.17, 15) is 4.79 Å². The van der Waals surface area contributed by atoms with Crippen molar-refractivity contribution in [1.82, 2.24) is 15.2 Å². The minimum absolute atomic E-state index is 0.252. The number of hydrogen-bond acceptors (Lipinski definition) is 6. The van der Waals surface area contributed by atoms with Crippen LogP contribution in [0, 0.1) is 6.92 Å². The number of nitrogens with one attached hydrogen (secondary N) is 2. The van der Waals surface area contributed by atoms with Crippen LogP contribution in [0.25, 0.3) is 0 Å². The van der Waals surface area contributed by atoms with E-state index in [1.807, 2.05) is 25.1 Å². The predicted molar refractivity (Wildman–Crippen MR) is 85.2 cm³/mol. The van der Waals surface area contributed by atoms with Crippen LogP contribution in [0.1, 0.15) is 17.0 Å². The molecular formula is C16H16N4O3. The van der Waals surface area contributed by atoms with Gasteiger partial charge < -0.3 is 14.5 Å². The maximum atomic E-state index is 12.1. The van der Waals surface area contributed by atoms with Crippen LogP contribution in [0.15, 0.2) is 45.8 Å². The molecule has 0 atom stereocenters. The number of benzene rings is 1. The van der Waals surface area contributed by atoms with Crippen LogP contribution in [0.4, 0.5) is 11.6 Å². The summed E-state index contributed by atoms with van der Waals surface area (Å²) in [5, 5.41) is 11.0. The molecule has 2 N–H and O–H groups in total. The van der Waals surface area contributed by atoms with Crippen LogP contribution in [-0.2, 0) is 6.42 Å². The molecule has 0 fully saturated rings. The summed E-state index contributed by atoms with van der Waals surface area (Å²) in [7, 11) is 1.58. The molecule has 2 aromatic heterocycles. The van der Waals surface area contributed by atoms with Gasteiger partial charge in [0.1, 0.15) is 17.2 Å². The molecular weight excluding hydrogens is 296 g/mol. The van der Waals surface area contributed by atoms with Crippen molar-refractivity contribution in [2.45, 2.75) is 13.3 Å². The maximum Gasteiger partial charge on any atom is 0.274 e. The van der Waals surface area contributed by atoms with Gasteiger partial charge in [0.25, 0.3) is 5.56 Å². The number of furan rings is 1. The smallest absolute Gasteiger partial charge is 0.274 e. The summed E-state index contributed by atoms with van der Waals surface area (Å²) in [4.78, 5) is 14.8. The molecule has 0 aliphatic carbocycles. The maximum absolute atomic E-state index is 12.1. The van der Waals surface area contributed by atoms with Crippen LogP contribution in [-0.4, -0.2) is 22.3 Å². The Morgan fingerprint density at radius 2 is 2.17 bits per heavy atom. The fourth-order valence-corrected chi connectivity index (χ4v) is 2.16. The molecule has 3 rings (SSSR count). The van der Waals surface area contributed by atoms with Crippen LogP contribution in [0.2, 0.25) is 0 Å². The van der Waals surface area contributed by atoms with Crippen LogP contribution >= 0.6 is 0 Å². The Labute approximate surface area is 132 Å². The molecule has 0 spiro atoms. The first-order chi connectivity index (χ1) is 11.2. The average Bonchev–Trinajstić information content (AvgIpc) is 3.03. The molecule has 7 heteroatoms. The average molecular weight is 312 g/mol. The second-order valence-corrected chi connectivity index (χ2v) is 5.03. The highest BCUT2D eigenvalue weighted by atomic mass is 16.5. The lowest BCUT2D eigenvalue weighted by Crippen LogP contribution is -2.18. The molecule has 0 saturated heterocycles. The number of methoxy groups -OCH3 is 1. The number of aromatic amines is 1. The standard InChI is InChI=1S/C16H16N4O3/c1-10-5-6-14(22-2)12(8-10)17-16-18-15(21)13(19-20-16)9-11-4-3-7-23-11/h3-8H,9H2,1-2H3,(H2,17,18,20,21). The molecule has 0 radical (unpaired) electrons. The number of H-pyrrole nitrogens is 1. The number of aryl methyl sites for hydroxylation is 1. The lowest BCUT2D eigenvalue weighted by Gasteiger charge is -2.10. The zero-order valence-electron chi connectivity index (χ0n) is 12.8. The van der Waals surface area contributed by atoms with Gasteiger partial charge in [-0.25, -0.2) is 0 Å². The van der Waals surface area contributed by atoms with Gasteiger partial charge in [-0.2, -0.15) is 0 Å². The molecule has 7 nitrogen and oxygen atoms in total. The lowest BCUT2D eigenvalue weighted by molar-refractivity contribution is 0.416. The van der Waals surface area contributed by atoms with Crippen molar-refractivity contribution in [3.05, 3.63) is 64.0 Å². The van der Waals surface area contributed by atoms with Gasteiger partial charge >= 0.3 is 0 Å². The van der Waals surface area contributed by atoms with E-state index in [0.717, 1.165) is 5.56 Å². The molecule has 3 aromatic rings. The van der Waals surface area contributed by atoms with E-state index in [4.69, 9.17) is 9.15 Å². The van der Waals surface area contributed by atoms with E-state index < -0.39 is 0 Å². The van der Waals surface area contributed by atoms with E-state index in [-0.39, 0.29) is 11.5 Å². The minimum atomic E-state index is -0.314. The van der Waals surface area contributed by atoms with Crippen molar-refractivity contribution in [2.24, 2.45) is 0 Å². The third kappa shape index (κ3) is 3.39. The summed E-state index contributed by atoms with van der Waals surface area (Å²) in [5.41, 5.74) is 1.74. The van der Waals surface area contributed by atoms with Crippen molar-refractivity contribution in [3.8, 4) is 5.75 Å². The molecule has 0 unspecified atom stereocenters. The van der Waals surface area contributed by atoms with Crippen molar-refractivity contribution in [1.29, 1.82) is 0 Å². The van der Waals surface area contributed by atoms with E-state index in [2.05, 4.69) is 20.5 Å². The normalized spacial score (nSPS) is 10.5. The number of hydrogen-bond donors (Lipinski definition) is 2. The van der Waals surface area contributed by atoms with Gasteiger partial charge in [-0.05, 0) is 36.8 Å². The summed E-state index contributed by atoms with van der Waals surface area (Å²) >= 11 is 0. The first-order valence-electron chi connectivity index (χ1n) is 7.05. The van der Waals surface area contributed by atoms with Gasteiger partial charge in [0.05, 0.1) is 25.5 Å². The molecule has 23 heavy (non-hydrogen) atoms. The lowest BCUT2D eigenvalue weighted by atomic mass is 10.2. The molecule has 0 bridgehead atoms. The van der Waals surface area contributed by atoms with E-state index in [1.165, 1.54) is 0 Å². The highest BCUT2D eigenvalue weighted by Crippen LogP contribution is 2.26. The fourth-order valence-electron chi connectivity index (χ4n) is 2.16. The van der Waals surface area contributed by atoms with Gasteiger partial charge in [0.2, 0.25) is 5.95 Å². The highest BCUT2D eigenvalue weighted by molar-refractivity contribution is 5.63. The van der Waals surface area contributed by atoms with Crippen molar-refractivity contribution in [3.63, 3.8) is 0 Å². The molecule has 0 saturated carbocycles. The topological polar surface area (TPSA) is 93.0 Å². The Kier molecular flexibility index (Phi) is 4.09. The van der Waals surface area contributed by atoms with Crippen molar-refractivity contribution in [2.75, 3.05) is 12.4 Å². The Morgan fingerprint density at radius 1 is 1.30 bits per heavy atom. The first kappa shape index (κ1) is 14.8. The number of rotatable bonds is 5. The van der Waals surface area contributed by atoms with Gasteiger partial charge in [0.15, 0.2) is 0 Å². The largest absolute Gasteiger partial charge is 0.495 e. The summed E-state index contributed by atoms with van der Waals surface area (Å²) in [5.74, 6) is 1.56. The Morgan fingerprint density at radius 3 is 2.87 bits per heavy atom. The number of anilines is 2. The number of nitrogens with zero attached hydrogens (tertiary/aromatic N) is 2. The molecule has 0 aliphatic rings. The van der Waals surface area contributed by atoms with Crippen LogP contribution in [0.3, 0.4) is 0 Å². The molecule has 0 aliphatic heterocycles. The monoisotopic (exact) mass is 312 g/mol. The second kappa shape index (κ2) is 6.35. The summed E-state index contributed by atoms with van der Waals surface area (Å²) in [6.45, 7) is 1.96. The predicted octanol–water partition coefficient (Wildman–Crippen LogP) is 2.41. The molecule has 1 aromatic carbocycles. The quantitative estimate of drug-likeness (QED) is 0.751. The van der Waals surface area contributed by atoms with Gasteiger partial charge in [-0.1, -0.05) is 6.07 Å². The Balaban J connectivity index is 1.83. The third-order valence-corrected chi connectivity index (χ3v) is 3.29. The Hall–Kier alpha value is -3.09. The first-order valence-corrected chi connectivity index (χ1v) is 7.05.